The van der Waals surface area contributed by atoms with Gasteiger partial charge in [-0.05, 0) is 36.9 Å². The summed E-state index contributed by atoms with van der Waals surface area (Å²) in [5.74, 6) is 0.538. The van der Waals surface area contributed by atoms with E-state index in [1.807, 2.05) is 0 Å². The Bertz CT molecular complexity index is 713. The predicted octanol–water partition coefficient (Wildman–Crippen LogP) is 3.65. The molecule has 2 heterocycles. The van der Waals surface area contributed by atoms with E-state index in [9.17, 15) is 4.79 Å². The van der Waals surface area contributed by atoms with Gasteiger partial charge in [0, 0.05) is 29.4 Å². The summed E-state index contributed by atoms with van der Waals surface area (Å²) in [4.78, 5) is 17.3. The Morgan fingerprint density at radius 2 is 2.12 bits per heavy atom. The van der Waals surface area contributed by atoms with Crippen molar-refractivity contribution in [2.24, 2.45) is 0 Å². The van der Waals surface area contributed by atoms with Gasteiger partial charge in [0.05, 0.1) is 25.0 Å². The average Bonchev–Trinajstić information content (AvgIpc) is 3.18. The summed E-state index contributed by atoms with van der Waals surface area (Å²) < 4.78 is 5.47. The minimum Gasteiger partial charge on any atom is -0.379 e. The Kier molecular flexibility index (Phi) is 7.14. The molecule has 2 aromatic rings. The zero-order valence-corrected chi connectivity index (χ0v) is 17.0. The Hall–Kier alpha value is -1.34. The van der Waals surface area contributed by atoms with Crippen LogP contribution in [-0.2, 0) is 9.53 Å². The van der Waals surface area contributed by atoms with E-state index in [4.69, 9.17) is 4.74 Å². The summed E-state index contributed by atoms with van der Waals surface area (Å²) in [6.45, 7) is 8.16. The molecule has 3 rings (SSSR count). The number of benzene rings is 1. The number of amides is 1. The molecule has 0 radical (unpaired) electrons. The first-order valence-corrected chi connectivity index (χ1v) is 10.8. The van der Waals surface area contributed by atoms with E-state index < -0.39 is 0 Å². The Labute approximate surface area is 163 Å². The maximum atomic E-state index is 12.4. The third-order valence-corrected chi connectivity index (χ3v) is 6.68. The van der Waals surface area contributed by atoms with Crippen LogP contribution in [0.1, 0.15) is 22.0 Å². The highest BCUT2D eigenvalue weighted by atomic mass is 32.2. The van der Waals surface area contributed by atoms with E-state index in [1.54, 1.807) is 23.1 Å². The molecule has 1 fully saturated rings. The van der Waals surface area contributed by atoms with Crippen LogP contribution in [0.2, 0.25) is 0 Å². The Morgan fingerprint density at radius 1 is 1.31 bits per heavy atom. The molecule has 1 aromatic heterocycles. The summed E-state index contributed by atoms with van der Waals surface area (Å²) >= 11 is 3.36. The molecule has 6 heteroatoms. The first-order chi connectivity index (χ1) is 12.6. The highest BCUT2D eigenvalue weighted by Crippen LogP contribution is 2.26. The van der Waals surface area contributed by atoms with Crippen LogP contribution in [-0.4, -0.2) is 49.4 Å². The summed E-state index contributed by atoms with van der Waals surface area (Å²) in [6, 6.07) is 10.8. The normalized spacial score (nSPS) is 16.4. The van der Waals surface area contributed by atoms with E-state index >= 15 is 0 Å². The number of thioether (sulfide) groups is 1. The number of hydrogen-bond donors (Lipinski definition) is 1. The number of hydrogen-bond acceptors (Lipinski definition) is 5. The van der Waals surface area contributed by atoms with Crippen molar-refractivity contribution >= 4 is 29.0 Å². The van der Waals surface area contributed by atoms with Gasteiger partial charge >= 0.3 is 0 Å². The molecule has 1 unspecified atom stereocenters. The minimum absolute atomic E-state index is 0.0886. The van der Waals surface area contributed by atoms with Crippen LogP contribution in [0.3, 0.4) is 0 Å². The SMILES string of the molecule is Cc1ccc(C)c(SCC(=O)NCC(c2cccs2)N2CCOCC2)c1. The number of morpholine rings is 1. The number of nitrogens with one attached hydrogen (secondary N) is 1. The van der Waals surface area contributed by atoms with Crippen molar-refractivity contribution in [3.8, 4) is 0 Å². The fraction of sp³-hybridized carbons (Fsp3) is 0.450. The van der Waals surface area contributed by atoms with Crippen LogP contribution >= 0.6 is 23.1 Å². The molecule has 1 aliphatic heterocycles. The fourth-order valence-corrected chi connectivity index (χ4v) is 4.86. The van der Waals surface area contributed by atoms with Crippen molar-refractivity contribution in [3.05, 3.63) is 51.7 Å². The molecule has 26 heavy (non-hydrogen) atoms. The average molecular weight is 391 g/mol. The highest BCUT2D eigenvalue weighted by molar-refractivity contribution is 8.00. The third kappa shape index (κ3) is 5.33. The van der Waals surface area contributed by atoms with Crippen LogP contribution in [0.5, 0.6) is 0 Å². The van der Waals surface area contributed by atoms with Crippen LogP contribution in [0, 0.1) is 13.8 Å². The second-order valence-corrected chi connectivity index (χ2v) is 8.54. The van der Waals surface area contributed by atoms with Crippen molar-refractivity contribution in [2.75, 3.05) is 38.6 Å². The third-order valence-electron chi connectivity index (χ3n) is 4.55. The zero-order valence-electron chi connectivity index (χ0n) is 15.4. The number of rotatable bonds is 7. The van der Waals surface area contributed by atoms with Gasteiger partial charge in [0.25, 0.3) is 0 Å². The molecule has 0 aliphatic carbocycles. The van der Waals surface area contributed by atoms with Crippen LogP contribution < -0.4 is 5.32 Å². The van der Waals surface area contributed by atoms with Gasteiger partial charge in [-0.15, -0.1) is 23.1 Å². The van der Waals surface area contributed by atoms with Gasteiger partial charge in [-0.25, -0.2) is 0 Å². The summed E-state index contributed by atoms with van der Waals surface area (Å²) in [5.41, 5.74) is 2.45. The van der Waals surface area contributed by atoms with Crippen LogP contribution in [0.4, 0.5) is 0 Å². The highest BCUT2D eigenvalue weighted by Gasteiger charge is 2.23. The lowest BCUT2D eigenvalue weighted by Crippen LogP contribution is -2.43. The lowest BCUT2D eigenvalue weighted by atomic mass is 10.2. The van der Waals surface area contributed by atoms with E-state index in [0.717, 1.165) is 26.3 Å². The molecule has 0 saturated carbocycles. The smallest absolute Gasteiger partial charge is 0.230 e. The first-order valence-electron chi connectivity index (χ1n) is 8.95. The van der Waals surface area contributed by atoms with Gasteiger partial charge in [0.2, 0.25) is 5.91 Å². The molecule has 4 nitrogen and oxygen atoms in total. The van der Waals surface area contributed by atoms with Gasteiger partial charge in [0.1, 0.15) is 0 Å². The van der Waals surface area contributed by atoms with Gasteiger partial charge in [-0.1, -0.05) is 23.8 Å². The number of thiophene rings is 1. The first kappa shape index (κ1) is 19.4. The molecule has 1 saturated heterocycles. The topological polar surface area (TPSA) is 41.6 Å². The number of ether oxygens (including phenoxy) is 1. The molecule has 1 N–H and O–H groups in total. The predicted molar refractivity (Wildman–Crippen MR) is 109 cm³/mol. The lowest BCUT2D eigenvalue weighted by molar-refractivity contribution is -0.118. The van der Waals surface area contributed by atoms with Crippen molar-refractivity contribution in [1.82, 2.24) is 10.2 Å². The van der Waals surface area contributed by atoms with Crippen LogP contribution in [0.15, 0.2) is 40.6 Å². The zero-order chi connectivity index (χ0) is 18.4. The quantitative estimate of drug-likeness (QED) is 0.733. The molecule has 1 aromatic carbocycles. The maximum Gasteiger partial charge on any atom is 0.230 e. The number of carbonyl (C=O) groups excluding carboxylic acids is 1. The summed E-state index contributed by atoms with van der Waals surface area (Å²) in [5, 5.41) is 5.24. The largest absolute Gasteiger partial charge is 0.379 e. The Morgan fingerprint density at radius 3 is 2.85 bits per heavy atom. The minimum atomic E-state index is 0.0886. The van der Waals surface area contributed by atoms with E-state index in [0.29, 0.717) is 12.3 Å². The molecule has 1 atom stereocenters. The van der Waals surface area contributed by atoms with Crippen molar-refractivity contribution in [3.63, 3.8) is 0 Å². The van der Waals surface area contributed by atoms with Gasteiger partial charge in [0.15, 0.2) is 0 Å². The summed E-state index contributed by atoms with van der Waals surface area (Å²) in [6.07, 6.45) is 0. The van der Waals surface area contributed by atoms with Crippen molar-refractivity contribution in [1.29, 1.82) is 0 Å². The molecule has 1 aliphatic rings. The van der Waals surface area contributed by atoms with Gasteiger partial charge in [-0.2, -0.15) is 0 Å². The van der Waals surface area contributed by atoms with Gasteiger partial charge in [-0.3, -0.25) is 9.69 Å². The van der Waals surface area contributed by atoms with E-state index in [-0.39, 0.29) is 11.9 Å². The second-order valence-electron chi connectivity index (χ2n) is 6.54. The molecule has 140 valence electrons. The van der Waals surface area contributed by atoms with Gasteiger partial charge < -0.3 is 10.1 Å². The van der Waals surface area contributed by atoms with Crippen molar-refractivity contribution in [2.45, 2.75) is 24.8 Å². The maximum absolute atomic E-state index is 12.4. The monoisotopic (exact) mass is 390 g/mol. The second kappa shape index (κ2) is 9.55. The molecule has 0 spiro atoms. The number of aryl methyl sites for hydroxylation is 2. The summed E-state index contributed by atoms with van der Waals surface area (Å²) in [7, 11) is 0. The molecule has 1 amide bonds. The van der Waals surface area contributed by atoms with E-state index in [2.05, 4.69) is 59.8 Å². The lowest BCUT2D eigenvalue weighted by Gasteiger charge is -2.34. The number of nitrogens with zero attached hydrogens (tertiary/aromatic N) is 1. The molecule has 0 bridgehead atoms. The molecular formula is C20H26N2O2S2. The fourth-order valence-electron chi connectivity index (χ4n) is 3.05. The molecular weight excluding hydrogens is 364 g/mol. The van der Waals surface area contributed by atoms with Crippen LogP contribution in [0.25, 0.3) is 0 Å². The number of carbonyl (C=O) groups is 1. The Balaban J connectivity index is 1.54. The van der Waals surface area contributed by atoms with E-state index in [1.165, 1.54) is 20.9 Å². The van der Waals surface area contributed by atoms with Crippen molar-refractivity contribution < 1.29 is 9.53 Å². The standard InChI is InChI=1S/C20H26N2O2S2/c1-15-5-6-16(2)19(12-15)26-14-20(23)21-13-17(18-4-3-11-25-18)22-7-9-24-10-8-22/h3-6,11-12,17H,7-10,13-14H2,1-2H3,(H,21,23).